The Morgan fingerprint density at radius 1 is 1.14 bits per heavy atom. The van der Waals surface area contributed by atoms with Crippen LogP contribution < -0.4 is 5.32 Å². The minimum absolute atomic E-state index is 0.0845. The number of aliphatic hydroxyl groups excluding tert-OH is 1. The van der Waals surface area contributed by atoms with E-state index in [9.17, 15) is 9.90 Å². The van der Waals surface area contributed by atoms with Crippen LogP contribution in [0, 0.1) is 0 Å². The summed E-state index contributed by atoms with van der Waals surface area (Å²) in [6.07, 6.45) is 5.49. The number of para-hydroxylation sites is 1. The second kappa shape index (κ2) is 6.83. The van der Waals surface area contributed by atoms with Crippen LogP contribution in [0.2, 0.25) is 0 Å². The van der Waals surface area contributed by atoms with Crippen LogP contribution in [0.4, 0.5) is 0 Å². The molecule has 5 rings (SSSR count). The number of aromatic nitrogens is 6. The van der Waals surface area contributed by atoms with E-state index in [2.05, 4.69) is 30.4 Å². The van der Waals surface area contributed by atoms with E-state index in [0.29, 0.717) is 17.6 Å². The summed E-state index contributed by atoms with van der Waals surface area (Å²) in [6, 6.07) is 10.1. The lowest BCUT2D eigenvalue weighted by atomic mass is 9.79. The molecule has 0 aliphatic heterocycles. The van der Waals surface area contributed by atoms with Crippen LogP contribution in [0.25, 0.3) is 5.69 Å². The molecular weight excluding hydrogens is 358 g/mol. The first-order valence-corrected chi connectivity index (χ1v) is 9.56. The highest BCUT2D eigenvalue weighted by Gasteiger charge is 2.38. The minimum Gasteiger partial charge on any atom is -0.388 e. The maximum absolute atomic E-state index is 12.5. The second-order valence-electron chi connectivity index (χ2n) is 7.46. The average Bonchev–Trinajstić information content (AvgIpc) is 3.25. The van der Waals surface area contributed by atoms with Crippen LogP contribution in [0.3, 0.4) is 0 Å². The lowest BCUT2D eigenvalue weighted by Crippen LogP contribution is -2.44. The van der Waals surface area contributed by atoms with Crippen molar-refractivity contribution >= 4 is 5.91 Å². The van der Waals surface area contributed by atoms with Gasteiger partial charge in [-0.05, 0) is 37.8 Å². The van der Waals surface area contributed by atoms with E-state index in [4.69, 9.17) is 0 Å². The third-order valence-electron chi connectivity index (χ3n) is 5.43. The van der Waals surface area contributed by atoms with Gasteiger partial charge in [0.2, 0.25) is 0 Å². The van der Waals surface area contributed by atoms with Gasteiger partial charge in [-0.25, -0.2) is 4.68 Å². The molecule has 0 unspecified atom stereocenters. The molecule has 0 radical (unpaired) electrons. The number of rotatable bonds is 6. The normalized spacial score (nSPS) is 21.3. The number of carbonyl (C=O) groups is 1. The van der Waals surface area contributed by atoms with Gasteiger partial charge in [-0.3, -0.25) is 4.79 Å². The minimum atomic E-state index is -0.217. The van der Waals surface area contributed by atoms with Crippen molar-refractivity contribution in [1.82, 2.24) is 35.1 Å². The van der Waals surface area contributed by atoms with Crippen molar-refractivity contribution in [2.75, 3.05) is 0 Å². The Morgan fingerprint density at radius 3 is 2.64 bits per heavy atom. The molecule has 2 aliphatic carbocycles. The maximum atomic E-state index is 12.5. The molecule has 28 heavy (non-hydrogen) atoms. The van der Waals surface area contributed by atoms with Gasteiger partial charge in [0.25, 0.3) is 5.91 Å². The molecule has 2 saturated carbocycles. The summed E-state index contributed by atoms with van der Waals surface area (Å²) in [4.78, 5) is 12.5. The Kier molecular flexibility index (Phi) is 4.16. The van der Waals surface area contributed by atoms with Crippen molar-refractivity contribution in [3.63, 3.8) is 0 Å². The molecule has 9 heteroatoms. The van der Waals surface area contributed by atoms with E-state index in [1.54, 1.807) is 10.9 Å². The maximum Gasteiger partial charge on any atom is 0.273 e. The van der Waals surface area contributed by atoms with Gasteiger partial charge in [0.1, 0.15) is 12.4 Å². The number of nitrogens with zero attached hydrogens (tertiary/aromatic N) is 6. The van der Waals surface area contributed by atoms with Gasteiger partial charge in [-0.1, -0.05) is 23.4 Å². The molecule has 3 aromatic rings. The fourth-order valence-corrected chi connectivity index (χ4v) is 3.73. The van der Waals surface area contributed by atoms with Crippen LogP contribution in [-0.2, 0) is 6.61 Å². The summed E-state index contributed by atoms with van der Waals surface area (Å²) in [5.41, 5.74) is 1.16. The van der Waals surface area contributed by atoms with Crippen molar-refractivity contribution < 1.29 is 9.90 Å². The number of carbonyl (C=O) groups excluding carboxylic acids is 1. The number of aliphatic hydroxyl groups is 1. The Labute approximate surface area is 161 Å². The molecule has 2 heterocycles. The smallest absolute Gasteiger partial charge is 0.273 e. The summed E-state index contributed by atoms with van der Waals surface area (Å²) in [7, 11) is 0. The van der Waals surface area contributed by atoms with Crippen LogP contribution in [0.1, 0.15) is 59.8 Å². The lowest BCUT2D eigenvalue weighted by Gasteiger charge is -2.35. The first-order valence-electron chi connectivity index (χ1n) is 9.56. The van der Waals surface area contributed by atoms with Gasteiger partial charge in [0.05, 0.1) is 11.9 Å². The number of amides is 1. The predicted octanol–water partition coefficient (Wildman–Crippen LogP) is 1.36. The molecule has 1 amide bonds. The van der Waals surface area contributed by atoms with Crippen molar-refractivity contribution in [3.05, 3.63) is 53.9 Å². The fraction of sp³-hybridized carbons (Fsp3) is 0.421. The molecule has 0 spiro atoms. The second-order valence-corrected chi connectivity index (χ2v) is 7.46. The Morgan fingerprint density at radius 2 is 1.93 bits per heavy atom. The SMILES string of the molecule is O=C(NC1CC(c2nnc(CO)n2C2CC2)C1)c1cn(-c2ccccc2)nn1. The third kappa shape index (κ3) is 3.07. The molecule has 2 aliphatic rings. The number of nitrogens with one attached hydrogen (secondary N) is 1. The van der Waals surface area contributed by atoms with Crippen LogP contribution in [-0.4, -0.2) is 46.8 Å². The monoisotopic (exact) mass is 379 g/mol. The summed E-state index contributed by atoms with van der Waals surface area (Å²) < 4.78 is 3.68. The molecule has 0 saturated heterocycles. The molecule has 0 bridgehead atoms. The Bertz CT molecular complexity index is 987. The molecule has 144 valence electrons. The number of benzene rings is 1. The highest BCUT2D eigenvalue weighted by atomic mass is 16.3. The van der Waals surface area contributed by atoms with Crippen LogP contribution in [0.5, 0.6) is 0 Å². The lowest BCUT2D eigenvalue weighted by molar-refractivity contribution is 0.0901. The summed E-state index contributed by atoms with van der Waals surface area (Å²) >= 11 is 0. The van der Waals surface area contributed by atoms with Gasteiger partial charge in [-0.15, -0.1) is 15.3 Å². The van der Waals surface area contributed by atoms with E-state index in [1.807, 2.05) is 30.3 Å². The van der Waals surface area contributed by atoms with E-state index in [-0.39, 0.29) is 24.5 Å². The molecule has 2 N–H and O–H groups in total. The zero-order valence-corrected chi connectivity index (χ0v) is 15.3. The van der Waals surface area contributed by atoms with Gasteiger partial charge >= 0.3 is 0 Å². The summed E-state index contributed by atoms with van der Waals surface area (Å²) in [5, 5.41) is 28.9. The van der Waals surface area contributed by atoms with E-state index >= 15 is 0 Å². The number of hydrogen-bond acceptors (Lipinski definition) is 6. The standard InChI is InChI=1S/C19H21N7O2/c27-11-17-22-23-18(26(17)15-6-7-15)12-8-13(9-12)20-19(28)16-10-25(24-21-16)14-4-2-1-3-5-14/h1-5,10,12-13,15,27H,6-9,11H2,(H,20,28). The molecule has 2 fully saturated rings. The van der Waals surface area contributed by atoms with Crippen molar-refractivity contribution in [1.29, 1.82) is 0 Å². The van der Waals surface area contributed by atoms with Crippen molar-refractivity contribution in [3.8, 4) is 5.69 Å². The first-order chi connectivity index (χ1) is 13.7. The summed E-state index contributed by atoms with van der Waals surface area (Å²) in [5.74, 6) is 1.62. The quantitative estimate of drug-likeness (QED) is 0.669. The zero-order chi connectivity index (χ0) is 19.1. The molecule has 2 aromatic heterocycles. The third-order valence-corrected chi connectivity index (χ3v) is 5.43. The highest BCUT2D eigenvalue weighted by Crippen LogP contribution is 2.42. The predicted molar refractivity (Wildman–Crippen MR) is 98.8 cm³/mol. The average molecular weight is 379 g/mol. The van der Waals surface area contributed by atoms with Gasteiger partial charge in [0, 0.05) is 18.0 Å². The van der Waals surface area contributed by atoms with Gasteiger partial charge < -0.3 is 15.0 Å². The van der Waals surface area contributed by atoms with E-state index in [0.717, 1.165) is 37.2 Å². The molecule has 1 aromatic carbocycles. The van der Waals surface area contributed by atoms with Crippen LogP contribution in [0.15, 0.2) is 36.5 Å². The fourth-order valence-electron chi connectivity index (χ4n) is 3.73. The molecule has 9 nitrogen and oxygen atoms in total. The van der Waals surface area contributed by atoms with Crippen LogP contribution >= 0.6 is 0 Å². The zero-order valence-electron chi connectivity index (χ0n) is 15.3. The Hall–Kier alpha value is -3.07. The largest absolute Gasteiger partial charge is 0.388 e. The first kappa shape index (κ1) is 17.1. The molecular formula is C19H21N7O2. The van der Waals surface area contributed by atoms with Crippen molar-refractivity contribution in [2.45, 2.75) is 50.3 Å². The topological polar surface area (TPSA) is 111 Å². The number of hydrogen-bond donors (Lipinski definition) is 2. The van der Waals surface area contributed by atoms with Crippen molar-refractivity contribution in [2.24, 2.45) is 0 Å². The highest BCUT2D eigenvalue weighted by molar-refractivity contribution is 5.92. The Balaban J connectivity index is 1.21. The van der Waals surface area contributed by atoms with E-state index in [1.165, 1.54) is 0 Å². The van der Waals surface area contributed by atoms with E-state index < -0.39 is 0 Å². The van der Waals surface area contributed by atoms with Gasteiger partial charge in [-0.2, -0.15) is 0 Å². The molecule has 0 atom stereocenters. The summed E-state index contributed by atoms with van der Waals surface area (Å²) in [6.45, 7) is -0.0898. The van der Waals surface area contributed by atoms with Gasteiger partial charge in [0.15, 0.2) is 11.5 Å².